The molecule has 0 N–H and O–H groups in total. The summed E-state index contributed by atoms with van der Waals surface area (Å²) in [5.74, 6) is 0.358. The van der Waals surface area contributed by atoms with E-state index in [0.29, 0.717) is 0 Å². The van der Waals surface area contributed by atoms with Crippen LogP contribution >= 0.6 is 0 Å². The number of ether oxygens (including phenoxy) is 1. The van der Waals surface area contributed by atoms with Crippen molar-refractivity contribution < 1.29 is 9.53 Å². The minimum absolute atomic E-state index is 0.0000926. The lowest BCUT2D eigenvalue weighted by Crippen LogP contribution is -2.19. The highest BCUT2D eigenvalue weighted by molar-refractivity contribution is 5.67. The summed E-state index contributed by atoms with van der Waals surface area (Å²) in [4.78, 5) is 11.0. The van der Waals surface area contributed by atoms with E-state index in [0.717, 1.165) is 0 Å². The van der Waals surface area contributed by atoms with Gasteiger partial charge in [-0.05, 0) is 11.1 Å². The van der Waals surface area contributed by atoms with Crippen LogP contribution in [0.3, 0.4) is 0 Å². The van der Waals surface area contributed by atoms with Crippen molar-refractivity contribution in [3.63, 3.8) is 0 Å². The van der Waals surface area contributed by atoms with Crippen LogP contribution in [0.5, 0.6) is 0 Å². The van der Waals surface area contributed by atoms with Crippen molar-refractivity contribution in [2.75, 3.05) is 0 Å². The largest absolute Gasteiger partial charge is 0.461 e. The van der Waals surface area contributed by atoms with E-state index in [4.69, 9.17) is 4.74 Å². The maximum atomic E-state index is 11.0. The van der Waals surface area contributed by atoms with Crippen molar-refractivity contribution >= 4 is 5.97 Å². The van der Waals surface area contributed by atoms with Crippen LogP contribution in [0, 0.1) is 0 Å². The van der Waals surface area contributed by atoms with Gasteiger partial charge in [-0.2, -0.15) is 0 Å². The lowest BCUT2D eigenvalue weighted by molar-refractivity contribution is -0.146. The highest BCUT2D eigenvalue weighted by Gasteiger charge is 2.43. The second-order valence-electron chi connectivity index (χ2n) is 4.14. The molecular formula is C13H12O2. The SMILES string of the molecule is CC(=O)OC1[C@@H]2C=C[C@H]1c1ccccc12. The maximum Gasteiger partial charge on any atom is 0.302 e. The standard InChI is InChI=1S/C13H12O2/c1-8(14)15-13-11-6-7-12(13)10-5-3-2-4-9(10)11/h2-7,11-13H,1H3/t11-,12+,13?. The Balaban J connectivity index is 2.00. The van der Waals surface area contributed by atoms with E-state index in [1.807, 2.05) is 12.1 Å². The Hall–Kier alpha value is -1.57. The Kier molecular flexibility index (Phi) is 1.72. The number of carbonyl (C=O) groups is 1. The molecule has 2 aliphatic carbocycles. The second kappa shape index (κ2) is 2.96. The fourth-order valence-electron chi connectivity index (χ4n) is 2.70. The van der Waals surface area contributed by atoms with Gasteiger partial charge in [-0.15, -0.1) is 0 Å². The predicted octanol–water partition coefficient (Wildman–Crippen LogP) is 2.37. The van der Waals surface area contributed by atoms with Crippen molar-refractivity contribution in [3.8, 4) is 0 Å². The topological polar surface area (TPSA) is 26.3 Å². The number of carbonyl (C=O) groups excluding carboxylic acids is 1. The molecule has 2 nitrogen and oxygen atoms in total. The lowest BCUT2D eigenvalue weighted by atomic mass is 9.97. The van der Waals surface area contributed by atoms with E-state index in [-0.39, 0.29) is 23.9 Å². The number of benzene rings is 1. The summed E-state index contributed by atoms with van der Waals surface area (Å²) in [6.45, 7) is 1.47. The molecule has 76 valence electrons. The van der Waals surface area contributed by atoms with E-state index in [2.05, 4.69) is 24.3 Å². The summed E-state index contributed by atoms with van der Waals surface area (Å²) in [6.07, 6.45) is 4.31. The molecule has 0 amide bonds. The monoisotopic (exact) mass is 200 g/mol. The van der Waals surface area contributed by atoms with Gasteiger partial charge in [0.15, 0.2) is 0 Å². The Morgan fingerprint density at radius 1 is 1.13 bits per heavy atom. The van der Waals surface area contributed by atoms with E-state index in [9.17, 15) is 4.79 Å². The van der Waals surface area contributed by atoms with Gasteiger partial charge in [-0.3, -0.25) is 4.79 Å². The van der Waals surface area contributed by atoms with Crippen LogP contribution in [0.1, 0.15) is 29.9 Å². The third kappa shape index (κ3) is 1.14. The molecule has 1 aromatic rings. The van der Waals surface area contributed by atoms with Gasteiger partial charge in [0.2, 0.25) is 0 Å². The average molecular weight is 200 g/mol. The summed E-state index contributed by atoms with van der Waals surface area (Å²) in [5.41, 5.74) is 2.63. The molecule has 1 unspecified atom stereocenters. The molecule has 3 rings (SSSR count). The van der Waals surface area contributed by atoms with Crippen LogP contribution in [0.15, 0.2) is 36.4 Å². The normalized spacial score (nSPS) is 30.3. The number of fused-ring (bicyclic) bond motifs is 5. The number of hydrogen-bond acceptors (Lipinski definition) is 2. The molecule has 0 radical (unpaired) electrons. The third-order valence-electron chi connectivity index (χ3n) is 3.25. The van der Waals surface area contributed by atoms with Gasteiger partial charge in [0.25, 0.3) is 0 Å². The molecule has 1 aromatic carbocycles. The summed E-state index contributed by atoms with van der Waals surface area (Å²) in [5, 5.41) is 0. The van der Waals surface area contributed by atoms with E-state index >= 15 is 0 Å². The van der Waals surface area contributed by atoms with Crippen molar-refractivity contribution in [1.29, 1.82) is 0 Å². The summed E-state index contributed by atoms with van der Waals surface area (Å²) >= 11 is 0. The molecule has 0 aromatic heterocycles. The van der Waals surface area contributed by atoms with Crippen molar-refractivity contribution in [3.05, 3.63) is 47.5 Å². The summed E-state index contributed by atoms with van der Waals surface area (Å²) < 4.78 is 5.38. The Morgan fingerprint density at radius 2 is 1.67 bits per heavy atom. The van der Waals surface area contributed by atoms with Gasteiger partial charge in [-0.25, -0.2) is 0 Å². The highest BCUT2D eigenvalue weighted by Crippen LogP contribution is 2.49. The number of hydrogen-bond donors (Lipinski definition) is 0. The Labute approximate surface area is 88.6 Å². The van der Waals surface area contributed by atoms with E-state index < -0.39 is 0 Å². The zero-order valence-corrected chi connectivity index (χ0v) is 8.51. The first-order valence-corrected chi connectivity index (χ1v) is 5.22. The summed E-state index contributed by atoms with van der Waals surface area (Å²) in [7, 11) is 0. The number of rotatable bonds is 1. The Morgan fingerprint density at radius 3 is 2.13 bits per heavy atom. The van der Waals surface area contributed by atoms with E-state index in [1.165, 1.54) is 18.1 Å². The van der Waals surface area contributed by atoms with Gasteiger partial charge in [0, 0.05) is 18.8 Å². The molecule has 0 fully saturated rings. The highest BCUT2D eigenvalue weighted by atomic mass is 16.5. The van der Waals surface area contributed by atoms with Crippen molar-refractivity contribution in [1.82, 2.24) is 0 Å². The average Bonchev–Trinajstić information content (AvgIpc) is 2.74. The molecule has 0 spiro atoms. The molecule has 3 atom stereocenters. The second-order valence-corrected chi connectivity index (χ2v) is 4.14. The fourth-order valence-corrected chi connectivity index (χ4v) is 2.70. The van der Waals surface area contributed by atoms with Crippen LogP contribution in [-0.4, -0.2) is 12.1 Å². The first-order chi connectivity index (χ1) is 7.27. The molecule has 2 aliphatic rings. The first kappa shape index (κ1) is 8.72. The van der Waals surface area contributed by atoms with Gasteiger partial charge in [0.05, 0.1) is 0 Å². The van der Waals surface area contributed by atoms with Gasteiger partial charge in [-0.1, -0.05) is 36.4 Å². The molecule has 2 bridgehead atoms. The zero-order chi connectivity index (χ0) is 10.4. The molecule has 0 saturated carbocycles. The molecule has 0 saturated heterocycles. The van der Waals surface area contributed by atoms with E-state index in [1.54, 1.807) is 0 Å². The quantitative estimate of drug-likeness (QED) is 0.514. The molecular weight excluding hydrogens is 188 g/mol. The van der Waals surface area contributed by atoms with Crippen LogP contribution < -0.4 is 0 Å². The van der Waals surface area contributed by atoms with Crippen LogP contribution in [0.4, 0.5) is 0 Å². The van der Waals surface area contributed by atoms with Gasteiger partial charge < -0.3 is 4.74 Å². The van der Waals surface area contributed by atoms with Crippen LogP contribution in [-0.2, 0) is 9.53 Å². The summed E-state index contributed by atoms with van der Waals surface area (Å²) in [6, 6.07) is 8.33. The van der Waals surface area contributed by atoms with Crippen LogP contribution in [0.25, 0.3) is 0 Å². The lowest BCUT2D eigenvalue weighted by Gasteiger charge is -2.15. The molecule has 0 heterocycles. The minimum Gasteiger partial charge on any atom is -0.461 e. The van der Waals surface area contributed by atoms with Crippen LogP contribution in [0.2, 0.25) is 0 Å². The minimum atomic E-state index is -0.188. The zero-order valence-electron chi connectivity index (χ0n) is 8.51. The molecule has 2 heteroatoms. The third-order valence-corrected chi connectivity index (χ3v) is 3.25. The molecule has 0 aliphatic heterocycles. The van der Waals surface area contributed by atoms with Crippen molar-refractivity contribution in [2.24, 2.45) is 0 Å². The Bertz CT molecular complexity index is 415. The molecule has 15 heavy (non-hydrogen) atoms. The van der Waals surface area contributed by atoms with Gasteiger partial charge in [0.1, 0.15) is 6.10 Å². The first-order valence-electron chi connectivity index (χ1n) is 5.22. The fraction of sp³-hybridized carbons (Fsp3) is 0.308. The van der Waals surface area contributed by atoms with Crippen molar-refractivity contribution in [2.45, 2.75) is 24.9 Å². The predicted molar refractivity (Wildman–Crippen MR) is 56.6 cm³/mol. The smallest absolute Gasteiger partial charge is 0.302 e. The maximum absolute atomic E-state index is 11.0. The number of esters is 1. The van der Waals surface area contributed by atoms with Gasteiger partial charge >= 0.3 is 5.97 Å².